The van der Waals surface area contributed by atoms with Crippen LogP contribution in [0, 0.1) is 18.3 Å². The van der Waals surface area contributed by atoms with E-state index in [0.717, 1.165) is 19.3 Å². The first kappa shape index (κ1) is 17.2. The minimum Gasteiger partial charge on any atom is -0.469 e. The van der Waals surface area contributed by atoms with E-state index in [9.17, 15) is 9.59 Å². The number of hydrogen-bond acceptors (Lipinski definition) is 3. The zero-order chi connectivity index (χ0) is 14.4. The molecule has 4 heteroatoms. The van der Waals surface area contributed by atoms with Crippen molar-refractivity contribution in [3.63, 3.8) is 0 Å². The van der Waals surface area contributed by atoms with Crippen LogP contribution in [-0.4, -0.2) is 26.2 Å². The zero-order valence-corrected chi connectivity index (χ0v) is 13.2. The quantitative estimate of drug-likeness (QED) is 0.439. The second kappa shape index (κ2) is 6.96. The Labute approximate surface area is 112 Å². The third-order valence-corrected chi connectivity index (χ3v) is 7.33. The normalized spacial score (nSPS) is 13.8. The molecular formula is C14H26O3Si. The average Bonchev–Trinajstić information content (AvgIpc) is 2.25. The number of methoxy groups -OCH3 is 1. The average molecular weight is 270 g/mol. The lowest BCUT2D eigenvalue weighted by molar-refractivity contribution is -0.140. The molecule has 18 heavy (non-hydrogen) atoms. The SMILES string of the molecule is C#C[C@H](CCCC(=O)OC)CC(C)(C)[Si](C)(C)O. The number of terminal acetylenes is 1. The molecule has 0 aromatic carbocycles. The Morgan fingerprint density at radius 1 is 1.50 bits per heavy atom. The van der Waals surface area contributed by atoms with Crippen molar-refractivity contribution in [1.82, 2.24) is 0 Å². The maximum absolute atomic E-state index is 11.0. The molecule has 0 amide bonds. The highest BCUT2D eigenvalue weighted by Crippen LogP contribution is 2.42. The predicted molar refractivity (Wildman–Crippen MR) is 76.5 cm³/mol. The minimum atomic E-state index is -2.22. The second-order valence-corrected chi connectivity index (χ2v) is 10.5. The highest BCUT2D eigenvalue weighted by atomic mass is 28.4. The van der Waals surface area contributed by atoms with Crippen molar-refractivity contribution in [2.45, 2.75) is 57.7 Å². The topological polar surface area (TPSA) is 46.5 Å². The van der Waals surface area contributed by atoms with Crippen LogP contribution < -0.4 is 0 Å². The van der Waals surface area contributed by atoms with Gasteiger partial charge in [-0.2, -0.15) is 0 Å². The smallest absolute Gasteiger partial charge is 0.305 e. The summed E-state index contributed by atoms with van der Waals surface area (Å²) in [6.45, 7) is 8.03. The number of ether oxygens (including phenoxy) is 1. The molecule has 1 atom stereocenters. The maximum Gasteiger partial charge on any atom is 0.305 e. The van der Waals surface area contributed by atoms with Gasteiger partial charge in [0.25, 0.3) is 0 Å². The van der Waals surface area contributed by atoms with Gasteiger partial charge < -0.3 is 9.53 Å². The summed E-state index contributed by atoms with van der Waals surface area (Å²) in [7, 11) is -0.826. The number of rotatable bonds is 7. The van der Waals surface area contributed by atoms with Crippen molar-refractivity contribution in [3.05, 3.63) is 0 Å². The summed E-state index contributed by atoms with van der Waals surface area (Å²) in [6, 6.07) is 0. The first-order chi connectivity index (χ1) is 8.14. The van der Waals surface area contributed by atoms with E-state index in [1.165, 1.54) is 7.11 Å². The molecule has 0 rings (SSSR count). The Kier molecular flexibility index (Phi) is 6.65. The summed E-state index contributed by atoms with van der Waals surface area (Å²) in [6.07, 6.45) is 8.30. The second-order valence-electron chi connectivity index (χ2n) is 5.98. The highest BCUT2D eigenvalue weighted by Gasteiger charge is 2.39. The molecule has 0 aliphatic carbocycles. The van der Waals surface area contributed by atoms with Crippen molar-refractivity contribution in [2.75, 3.05) is 7.11 Å². The molecule has 0 aromatic heterocycles. The van der Waals surface area contributed by atoms with E-state index in [1.807, 2.05) is 13.1 Å². The fourth-order valence-electron chi connectivity index (χ4n) is 1.70. The van der Waals surface area contributed by atoms with E-state index in [-0.39, 0.29) is 16.9 Å². The lowest BCUT2D eigenvalue weighted by Gasteiger charge is -2.36. The van der Waals surface area contributed by atoms with Gasteiger partial charge >= 0.3 is 5.97 Å². The first-order valence-electron chi connectivity index (χ1n) is 6.39. The molecule has 104 valence electrons. The molecule has 0 aromatic rings. The van der Waals surface area contributed by atoms with Crippen molar-refractivity contribution >= 4 is 14.3 Å². The lowest BCUT2D eigenvalue weighted by Crippen LogP contribution is -2.40. The Hall–Kier alpha value is -0.793. The van der Waals surface area contributed by atoms with Crippen LogP contribution in [-0.2, 0) is 9.53 Å². The van der Waals surface area contributed by atoms with Gasteiger partial charge in [-0.05, 0) is 37.4 Å². The summed E-state index contributed by atoms with van der Waals surface area (Å²) in [5.41, 5.74) is 0. The molecule has 0 spiro atoms. The number of carbonyl (C=O) groups is 1. The molecule has 0 saturated carbocycles. The molecule has 3 nitrogen and oxygen atoms in total. The molecule has 0 fully saturated rings. The molecule has 1 N–H and O–H groups in total. The molecule has 0 bridgehead atoms. The van der Waals surface area contributed by atoms with Crippen LogP contribution in [0.2, 0.25) is 18.1 Å². The molecule has 0 unspecified atom stereocenters. The monoisotopic (exact) mass is 270 g/mol. The van der Waals surface area contributed by atoms with E-state index in [2.05, 4.69) is 24.5 Å². The van der Waals surface area contributed by atoms with Gasteiger partial charge in [-0.15, -0.1) is 12.3 Å². The Balaban J connectivity index is 4.29. The van der Waals surface area contributed by atoms with Gasteiger partial charge in [-0.1, -0.05) is 13.8 Å². The molecule has 0 heterocycles. The molecule has 0 saturated heterocycles. The van der Waals surface area contributed by atoms with Crippen LogP contribution in [0.3, 0.4) is 0 Å². The number of carbonyl (C=O) groups excluding carboxylic acids is 1. The van der Waals surface area contributed by atoms with E-state index in [4.69, 9.17) is 6.42 Å². The molecule has 0 aliphatic rings. The van der Waals surface area contributed by atoms with Gasteiger partial charge in [-0.3, -0.25) is 4.79 Å². The third-order valence-electron chi connectivity index (χ3n) is 3.81. The fraction of sp³-hybridized carbons (Fsp3) is 0.786. The van der Waals surface area contributed by atoms with Crippen molar-refractivity contribution in [2.24, 2.45) is 5.92 Å². The van der Waals surface area contributed by atoms with E-state index in [0.29, 0.717) is 6.42 Å². The summed E-state index contributed by atoms with van der Waals surface area (Å²) < 4.78 is 4.60. The van der Waals surface area contributed by atoms with E-state index < -0.39 is 8.32 Å². The van der Waals surface area contributed by atoms with Gasteiger partial charge in [0.2, 0.25) is 0 Å². The zero-order valence-electron chi connectivity index (χ0n) is 12.2. The summed E-state index contributed by atoms with van der Waals surface area (Å²) in [4.78, 5) is 21.3. The van der Waals surface area contributed by atoms with Crippen LogP contribution in [0.25, 0.3) is 0 Å². The van der Waals surface area contributed by atoms with E-state index >= 15 is 0 Å². The third kappa shape index (κ3) is 5.70. The van der Waals surface area contributed by atoms with Crippen LogP contribution in [0.4, 0.5) is 0 Å². The van der Waals surface area contributed by atoms with Gasteiger partial charge in [-0.25, -0.2) is 0 Å². The van der Waals surface area contributed by atoms with Crippen LogP contribution >= 0.6 is 0 Å². The fourth-order valence-corrected chi connectivity index (χ4v) is 2.45. The summed E-state index contributed by atoms with van der Waals surface area (Å²) in [5.74, 6) is 2.70. The van der Waals surface area contributed by atoms with Gasteiger partial charge in [0.05, 0.1) is 7.11 Å². The Morgan fingerprint density at radius 3 is 2.44 bits per heavy atom. The van der Waals surface area contributed by atoms with Gasteiger partial charge in [0, 0.05) is 12.3 Å². The van der Waals surface area contributed by atoms with Gasteiger partial charge in [0.15, 0.2) is 8.32 Å². The molecule has 0 aliphatic heterocycles. The Bertz CT molecular complexity index is 310. The predicted octanol–water partition coefficient (Wildman–Crippen LogP) is 2.95. The van der Waals surface area contributed by atoms with Gasteiger partial charge in [0.1, 0.15) is 0 Å². The first-order valence-corrected chi connectivity index (χ1v) is 9.34. The summed E-state index contributed by atoms with van der Waals surface area (Å²) in [5, 5.41) is -0.116. The molecular weight excluding hydrogens is 244 g/mol. The number of esters is 1. The summed E-state index contributed by atoms with van der Waals surface area (Å²) >= 11 is 0. The van der Waals surface area contributed by atoms with Crippen LogP contribution in [0.5, 0.6) is 0 Å². The van der Waals surface area contributed by atoms with Crippen molar-refractivity contribution in [1.29, 1.82) is 0 Å². The van der Waals surface area contributed by atoms with Crippen LogP contribution in [0.15, 0.2) is 0 Å². The maximum atomic E-state index is 11.0. The van der Waals surface area contributed by atoms with Crippen LogP contribution in [0.1, 0.15) is 39.5 Å². The Morgan fingerprint density at radius 2 is 2.06 bits per heavy atom. The largest absolute Gasteiger partial charge is 0.469 e. The lowest BCUT2D eigenvalue weighted by atomic mass is 9.92. The van der Waals surface area contributed by atoms with Crippen molar-refractivity contribution < 1.29 is 14.3 Å². The minimum absolute atomic E-state index is 0.114. The highest BCUT2D eigenvalue weighted by molar-refractivity contribution is 6.72. The van der Waals surface area contributed by atoms with E-state index in [1.54, 1.807) is 0 Å². The number of hydrogen-bond donors (Lipinski definition) is 1. The molecule has 0 radical (unpaired) electrons. The standard InChI is InChI=1S/C14H26O3Si/c1-7-12(9-8-10-13(15)17-4)11-14(2,3)18(5,6)16/h1,12,16H,8-11H2,2-6H3/t12-/m1/s1. The van der Waals surface area contributed by atoms with Crippen molar-refractivity contribution in [3.8, 4) is 12.3 Å².